The molecule has 1 aromatic carbocycles. The predicted molar refractivity (Wildman–Crippen MR) is 78.6 cm³/mol. The van der Waals surface area contributed by atoms with Gasteiger partial charge in [0.05, 0.1) is 11.6 Å². The molecule has 2 aromatic rings. The third-order valence-electron chi connectivity index (χ3n) is 2.67. The van der Waals surface area contributed by atoms with Crippen LogP contribution in [0, 0.1) is 11.3 Å². The maximum absolute atomic E-state index is 8.90. The van der Waals surface area contributed by atoms with Crippen LogP contribution < -0.4 is 0 Å². The molecule has 0 aliphatic carbocycles. The molecule has 19 heavy (non-hydrogen) atoms. The van der Waals surface area contributed by atoms with Gasteiger partial charge in [0.1, 0.15) is 10.2 Å². The SMILES string of the molecule is CC(C)c1ccc(Sc2cc(C#N)cc(Cl)n2)cc1. The van der Waals surface area contributed by atoms with Crippen molar-refractivity contribution >= 4 is 23.4 Å². The summed E-state index contributed by atoms with van der Waals surface area (Å²) in [6, 6.07) is 13.7. The summed E-state index contributed by atoms with van der Waals surface area (Å²) in [6.07, 6.45) is 0. The van der Waals surface area contributed by atoms with Crippen molar-refractivity contribution in [2.24, 2.45) is 0 Å². The molecule has 0 fully saturated rings. The van der Waals surface area contributed by atoms with E-state index in [4.69, 9.17) is 16.9 Å². The Kier molecular flexibility index (Phi) is 4.47. The first-order chi connectivity index (χ1) is 9.08. The van der Waals surface area contributed by atoms with Crippen LogP contribution in [0.3, 0.4) is 0 Å². The number of halogens is 1. The van der Waals surface area contributed by atoms with Crippen molar-refractivity contribution in [3.05, 3.63) is 52.7 Å². The Balaban J connectivity index is 2.21. The molecule has 0 unspecified atom stereocenters. The topological polar surface area (TPSA) is 36.7 Å². The molecule has 0 atom stereocenters. The lowest BCUT2D eigenvalue weighted by atomic mass is 10.0. The molecule has 1 aromatic heterocycles. The second-order valence-corrected chi connectivity index (χ2v) is 5.94. The number of pyridine rings is 1. The quantitative estimate of drug-likeness (QED) is 0.755. The molecule has 96 valence electrons. The second-order valence-electron chi connectivity index (χ2n) is 4.45. The highest BCUT2D eigenvalue weighted by molar-refractivity contribution is 7.99. The molecule has 4 heteroatoms. The van der Waals surface area contributed by atoms with Gasteiger partial charge in [-0.25, -0.2) is 4.98 Å². The lowest BCUT2D eigenvalue weighted by Gasteiger charge is -2.06. The second kappa shape index (κ2) is 6.10. The minimum Gasteiger partial charge on any atom is -0.229 e. The van der Waals surface area contributed by atoms with E-state index in [1.165, 1.54) is 17.3 Å². The van der Waals surface area contributed by atoms with E-state index in [0.29, 0.717) is 16.6 Å². The average molecular weight is 289 g/mol. The highest BCUT2D eigenvalue weighted by Gasteiger charge is 2.04. The molecule has 0 aliphatic heterocycles. The van der Waals surface area contributed by atoms with Gasteiger partial charge in [-0.1, -0.05) is 49.3 Å². The Hall–Kier alpha value is -1.50. The summed E-state index contributed by atoms with van der Waals surface area (Å²) in [5.41, 5.74) is 1.84. The standard InChI is InChI=1S/C15H13ClN2S/c1-10(2)12-3-5-13(6-4-12)19-15-8-11(9-17)7-14(16)18-15/h3-8,10H,1-2H3. The van der Waals surface area contributed by atoms with Gasteiger partial charge in [0.15, 0.2) is 0 Å². The summed E-state index contributed by atoms with van der Waals surface area (Å²) >= 11 is 7.39. The zero-order chi connectivity index (χ0) is 13.8. The van der Waals surface area contributed by atoms with Crippen LogP contribution in [0.5, 0.6) is 0 Å². The molecule has 0 amide bonds. The van der Waals surface area contributed by atoms with Crippen molar-refractivity contribution in [2.75, 3.05) is 0 Å². The molecule has 0 saturated heterocycles. The van der Waals surface area contributed by atoms with E-state index in [-0.39, 0.29) is 0 Å². The van der Waals surface area contributed by atoms with Gasteiger partial charge < -0.3 is 0 Å². The maximum Gasteiger partial charge on any atom is 0.131 e. The number of aromatic nitrogens is 1. The first-order valence-corrected chi connectivity index (χ1v) is 7.13. The highest BCUT2D eigenvalue weighted by atomic mass is 35.5. The largest absolute Gasteiger partial charge is 0.229 e. The Labute approximate surface area is 122 Å². The lowest BCUT2D eigenvalue weighted by Crippen LogP contribution is -1.87. The normalized spacial score (nSPS) is 10.5. The molecule has 2 rings (SSSR count). The van der Waals surface area contributed by atoms with E-state index in [0.717, 1.165) is 9.92 Å². The van der Waals surface area contributed by atoms with E-state index in [2.05, 4.69) is 49.2 Å². The van der Waals surface area contributed by atoms with Gasteiger partial charge in [-0.2, -0.15) is 5.26 Å². The van der Waals surface area contributed by atoms with Gasteiger partial charge in [-0.3, -0.25) is 0 Å². The zero-order valence-electron chi connectivity index (χ0n) is 10.7. The lowest BCUT2D eigenvalue weighted by molar-refractivity contribution is 0.865. The molecule has 0 spiro atoms. The third-order valence-corrected chi connectivity index (χ3v) is 3.79. The minimum absolute atomic E-state index is 0.348. The van der Waals surface area contributed by atoms with Crippen LogP contribution >= 0.6 is 23.4 Å². The van der Waals surface area contributed by atoms with Gasteiger partial charge in [0.2, 0.25) is 0 Å². The van der Waals surface area contributed by atoms with Crippen molar-refractivity contribution in [1.82, 2.24) is 4.98 Å². The number of benzene rings is 1. The van der Waals surface area contributed by atoms with Crippen LogP contribution in [0.15, 0.2) is 46.3 Å². The van der Waals surface area contributed by atoms with Crippen LogP contribution in [-0.2, 0) is 0 Å². The maximum atomic E-state index is 8.90. The molecular formula is C15H13ClN2S. The van der Waals surface area contributed by atoms with Gasteiger partial charge in [0, 0.05) is 4.90 Å². The van der Waals surface area contributed by atoms with E-state index < -0.39 is 0 Å². The molecule has 2 nitrogen and oxygen atoms in total. The average Bonchev–Trinajstić information content (AvgIpc) is 2.38. The van der Waals surface area contributed by atoms with E-state index in [1.54, 1.807) is 12.1 Å². The predicted octanol–water partition coefficient (Wildman–Crippen LogP) is 4.88. The summed E-state index contributed by atoms with van der Waals surface area (Å²) in [7, 11) is 0. The molecule has 0 aliphatic rings. The van der Waals surface area contributed by atoms with Crippen LogP contribution in [0.4, 0.5) is 0 Å². The number of hydrogen-bond donors (Lipinski definition) is 0. The van der Waals surface area contributed by atoms with Gasteiger partial charge >= 0.3 is 0 Å². The number of hydrogen-bond acceptors (Lipinski definition) is 3. The summed E-state index contributed by atoms with van der Waals surface area (Å²) in [5.74, 6) is 0.522. The van der Waals surface area contributed by atoms with Crippen molar-refractivity contribution in [3.8, 4) is 6.07 Å². The smallest absolute Gasteiger partial charge is 0.131 e. The highest BCUT2D eigenvalue weighted by Crippen LogP contribution is 2.29. The molecule has 0 radical (unpaired) electrons. The number of rotatable bonds is 3. The molecule has 0 N–H and O–H groups in total. The third kappa shape index (κ3) is 3.73. The van der Waals surface area contributed by atoms with Crippen molar-refractivity contribution in [2.45, 2.75) is 29.7 Å². The molecule has 1 heterocycles. The Morgan fingerprint density at radius 3 is 2.47 bits per heavy atom. The van der Waals surface area contributed by atoms with Crippen LogP contribution in [0.2, 0.25) is 5.15 Å². The fraction of sp³-hybridized carbons (Fsp3) is 0.200. The zero-order valence-corrected chi connectivity index (χ0v) is 12.3. The van der Waals surface area contributed by atoms with E-state index in [9.17, 15) is 0 Å². The summed E-state index contributed by atoms with van der Waals surface area (Å²) in [4.78, 5) is 5.30. The molecule has 0 bridgehead atoms. The first kappa shape index (κ1) is 13.9. The Morgan fingerprint density at radius 1 is 1.21 bits per heavy atom. The monoisotopic (exact) mass is 288 g/mol. The Morgan fingerprint density at radius 2 is 1.89 bits per heavy atom. The van der Waals surface area contributed by atoms with Crippen molar-refractivity contribution in [3.63, 3.8) is 0 Å². The fourth-order valence-electron chi connectivity index (χ4n) is 1.63. The van der Waals surface area contributed by atoms with Gasteiger partial charge in [-0.05, 0) is 35.7 Å². The molecular weight excluding hydrogens is 276 g/mol. The summed E-state index contributed by atoms with van der Waals surface area (Å²) in [6.45, 7) is 4.33. The summed E-state index contributed by atoms with van der Waals surface area (Å²) < 4.78 is 0. The summed E-state index contributed by atoms with van der Waals surface area (Å²) in [5, 5.41) is 9.99. The van der Waals surface area contributed by atoms with Crippen LogP contribution in [-0.4, -0.2) is 4.98 Å². The van der Waals surface area contributed by atoms with Gasteiger partial charge in [-0.15, -0.1) is 0 Å². The van der Waals surface area contributed by atoms with E-state index >= 15 is 0 Å². The minimum atomic E-state index is 0.348. The van der Waals surface area contributed by atoms with Gasteiger partial charge in [0.25, 0.3) is 0 Å². The fourth-order valence-corrected chi connectivity index (χ4v) is 2.73. The van der Waals surface area contributed by atoms with E-state index in [1.807, 2.05) is 0 Å². The number of nitriles is 1. The van der Waals surface area contributed by atoms with Crippen LogP contribution in [0.25, 0.3) is 0 Å². The van der Waals surface area contributed by atoms with Crippen molar-refractivity contribution in [1.29, 1.82) is 5.26 Å². The van der Waals surface area contributed by atoms with Crippen LogP contribution in [0.1, 0.15) is 30.9 Å². The van der Waals surface area contributed by atoms with Crippen molar-refractivity contribution < 1.29 is 0 Å². The Bertz CT molecular complexity index is 615. The number of nitrogens with zero attached hydrogens (tertiary/aromatic N) is 2. The molecule has 0 saturated carbocycles. The first-order valence-electron chi connectivity index (χ1n) is 5.94.